The largest absolute Gasteiger partial charge is 0.461 e. The van der Waals surface area contributed by atoms with Gasteiger partial charge < -0.3 is 13.9 Å². The minimum absolute atomic E-state index is 0.00856. The summed E-state index contributed by atoms with van der Waals surface area (Å²) in [5.41, 5.74) is 2.44. The Bertz CT molecular complexity index is 1200. The van der Waals surface area contributed by atoms with Crippen LogP contribution >= 0.6 is 0 Å². The molecule has 6 nitrogen and oxygen atoms in total. The number of furan rings is 1. The summed E-state index contributed by atoms with van der Waals surface area (Å²) >= 11 is 0. The third-order valence-electron chi connectivity index (χ3n) is 5.42. The Morgan fingerprint density at radius 2 is 2.14 bits per heavy atom. The average Bonchev–Trinajstić information content (AvgIpc) is 3.47. The normalized spacial score (nSPS) is 16.6. The molecule has 3 aromatic heterocycles. The Kier molecular flexibility index (Phi) is 4.16. The van der Waals surface area contributed by atoms with E-state index in [2.05, 4.69) is 9.55 Å². The molecule has 1 unspecified atom stereocenters. The molecule has 29 heavy (non-hydrogen) atoms. The topological polar surface area (TPSA) is 64.2 Å². The number of aryl methyl sites for hydroxylation is 1. The number of pyridine rings is 1. The molecule has 1 saturated heterocycles. The van der Waals surface area contributed by atoms with Crippen molar-refractivity contribution in [2.24, 2.45) is 0 Å². The molecule has 7 heteroatoms. The minimum Gasteiger partial charge on any atom is -0.461 e. The molecule has 5 rings (SSSR count). The maximum absolute atomic E-state index is 13.9. The summed E-state index contributed by atoms with van der Waals surface area (Å²) in [7, 11) is 0. The van der Waals surface area contributed by atoms with E-state index in [4.69, 9.17) is 9.40 Å². The van der Waals surface area contributed by atoms with Crippen molar-refractivity contribution in [2.45, 2.75) is 19.4 Å². The van der Waals surface area contributed by atoms with E-state index in [0.29, 0.717) is 35.8 Å². The van der Waals surface area contributed by atoms with Gasteiger partial charge in [-0.3, -0.25) is 4.79 Å². The molecule has 0 bridgehead atoms. The van der Waals surface area contributed by atoms with E-state index < -0.39 is 0 Å². The van der Waals surface area contributed by atoms with Crippen molar-refractivity contribution in [3.8, 4) is 11.6 Å². The van der Waals surface area contributed by atoms with E-state index in [9.17, 15) is 9.18 Å². The van der Waals surface area contributed by atoms with Crippen molar-refractivity contribution in [3.05, 3.63) is 71.9 Å². The second-order valence-corrected chi connectivity index (χ2v) is 7.29. The lowest BCUT2D eigenvalue weighted by molar-refractivity contribution is 0.0787. The van der Waals surface area contributed by atoms with Crippen LogP contribution in [0.15, 0.2) is 59.3 Å². The number of aromatic nitrogens is 3. The van der Waals surface area contributed by atoms with Gasteiger partial charge >= 0.3 is 0 Å². The molecule has 0 radical (unpaired) electrons. The highest BCUT2D eigenvalue weighted by molar-refractivity contribution is 5.94. The second-order valence-electron chi connectivity index (χ2n) is 7.29. The Balaban J connectivity index is 1.48. The number of carbonyl (C=O) groups excluding carboxylic acids is 1. The number of rotatable bonds is 3. The molecule has 4 aromatic rings. The van der Waals surface area contributed by atoms with Gasteiger partial charge in [0.25, 0.3) is 5.91 Å². The number of hydrogen-bond donors (Lipinski definition) is 0. The second kappa shape index (κ2) is 6.84. The van der Waals surface area contributed by atoms with E-state index in [1.165, 1.54) is 6.07 Å². The molecule has 4 heterocycles. The Morgan fingerprint density at radius 3 is 2.93 bits per heavy atom. The maximum atomic E-state index is 13.9. The van der Waals surface area contributed by atoms with Crippen LogP contribution in [0.25, 0.3) is 22.7 Å². The Morgan fingerprint density at radius 1 is 1.24 bits per heavy atom. The highest BCUT2D eigenvalue weighted by Crippen LogP contribution is 2.32. The first-order chi connectivity index (χ1) is 14.1. The molecule has 0 saturated carbocycles. The number of imidazole rings is 1. The van der Waals surface area contributed by atoms with Gasteiger partial charge in [-0.25, -0.2) is 14.4 Å². The zero-order valence-corrected chi connectivity index (χ0v) is 15.9. The standard InChI is InChI=1S/C22H19FN4O2/c1-14-6-7-15(12-17(14)23)22(28)26-10-8-16(13-26)27-20-18(4-2-9-24-20)25-21(27)19-5-3-11-29-19/h2-7,9,11-12,16H,8,10,13H2,1H3. The predicted molar refractivity (Wildman–Crippen MR) is 106 cm³/mol. The molecule has 1 amide bonds. The predicted octanol–water partition coefficient (Wildman–Crippen LogP) is 4.23. The Labute approximate surface area is 166 Å². The highest BCUT2D eigenvalue weighted by atomic mass is 19.1. The molecule has 1 aromatic carbocycles. The van der Waals surface area contributed by atoms with Gasteiger partial charge in [-0.2, -0.15) is 0 Å². The van der Waals surface area contributed by atoms with Crippen LogP contribution in [0.1, 0.15) is 28.4 Å². The summed E-state index contributed by atoms with van der Waals surface area (Å²) in [5, 5.41) is 0. The fraction of sp³-hybridized carbons (Fsp3) is 0.227. The minimum atomic E-state index is -0.364. The number of benzene rings is 1. The lowest BCUT2D eigenvalue weighted by Gasteiger charge is -2.18. The molecule has 1 aliphatic heterocycles. The number of fused-ring (bicyclic) bond motifs is 1. The molecule has 1 aliphatic rings. The summed E-state index contributed by atoms with van der Waals surface area (Å²) in [6, 6.07) is 12.1. The fourth-order valence-corrected chi connectivity index (χ4v) is 3.90. The number of likely N-dealkylation sites (tertiary alicyclic amines) is 1. The summed E-state index contributed by atoms with van der Waals surface area (Å²) in [6.07, 6.45) is 4.11. The molecule has 1 fully saturated rings. The summed E-state index contributed by atoms with van der Waals surface area (Å²) in [5.74, 6) is 0.831. The van der Waals surface area contributed by atoms with Crippen molar-refractivity contribution >= 4 is 17.1 Å². The number of hydrogen-bond acceptors (Lipinski definition) is 4. The van der Waals surface area contributed by atoms with E-state index in [1.807, 2.05) is 24.3 Å². The van der Waals surface area contributed by atoms with Crippen LogP contribution in [-0.4, -0.2) is 38.4 Å². The summed E-state index contributed by atoms with van der Waals surface area (Å²) in [4.78, 5) is 23.9. The van der Waals surface area contributed by atoms with Crippen LogP contribution < -0.4 is 0 Å². The summed E-state index contributed by atoms with van der Waals surface area (Å²) in [6.45, 7) is 2.77. The van der Waals surface area contributed by atoms with Gasteiger partial charge in [0.15, 0.2) is 17.2 Å². The zero-order chi connectivity index (χ0) is 20.0. The number of carbonyl (C=O) groups is 1. The number of amides is 1. The first-order valence-corrected chi connectivity index (χ1v) is 9.54. The van der Waals surface area contributed by atoms with Gasteiger partial charge in [-0.05, 0) is 55.3 Å². The number of nitrogens with zero attached hydrogens (tertiary/aromatic N) is 4. The zero-order valence-electron chi connectivity index (χ0n) is 15.9. The van der Waals surface area contributed by atoms with Gasteiger partial charge in [0, 0.05) is 24.8 Å². The molecule has 0 aliphatic carbocycles. The molecule has 0 N–H and O–H groups in total. The van der Waals surface area contributed by atoms with E-state index in [-0.39, 0.29) is 17.8 Å². The van der Waals surface area contributed by atoms with Crippen LogP contribution in [-0.2, 0) is 0 Å². The molecule has 146 valence electrons. The first-order valence-electron chi connectivity index (χ1n) is 9.54. The van der Waals surface area contributed by atoms with Crippen molar-refractivity contribution in [1.82, 2.24) is 19.4 Å². The van der Waals surface area contributed by atoms with Gasteiger partial charge in [0.2, 0.25) is 0 Å². The van der Waals surface area contributed by atoms with E-state index in [0.717, 1.165) is 17.6 Å². The van der Waals surface area contributed by atoms with Gasteiger partial charge in [0.1, 0.15) is 11.3 Å². The monoisotopic (exact) mass is 390 g/mol. The SMILES string of the molecule is Cc1ccc(C(=O)N2CCC(n3c(-c4ccco4)nc4cccnc43)C2)cc1F. The van der Waals surface area contributed by atoms with Gasteiger partial charge in [-0.1, -0.05) is 6.07 Å². The highest BCUT2D eigenvalue weighted by Gasteiger charge is 2.32. The van der Waals surface area contributed by atoms with Crippen LogP contribution in [0.4, 0.5) is 4.39 Å². The van der Waals surface area contributed by atoms with Gasteiger partial charge in [0.05, 0.1) is 12.3 Å². The molecule has 0 spiro atoms. The third kappa shape index (κ3) is 2.99. The van der Waals surface area contributed by atoms with Gasteiger partial charge in [-0.15, -0.1) is 0 Å². The van der Waals surface area contributed by atoms with Crippen LogP contribution in [0.3, 0.4) is 0 Å². The van der Waals surface area contributed by atoms with Crippen LogP contribution in [0, 0.1) is 12.7 Å². The van der Waals surface area contributed by atoms with Crippen molar-refractivity contribution in [2.75, 3.05) is 13.1 Å². The third-order valence-corrected chi connectivity index (χ3v) is 5.42. The molecular weight excluding hydrogens is 371 g/mol. The molecule has 1 atom stereocenters. The van der Waals surface area contributed by atoms with Crippen LogP contribution in [0.2, 0.25) is 0 Å². The van der Waals surface area contributed by atoms with Crippen molar-refractivity contribution < 1.29 is 13.6 Å². The maximum Gasteiger partial charge on any atom is 0.254 e. The molecular formula is C22H19FN4O2. The van der Waals surface area contributed by atoms with E-state index in [1.54, 1.807) is 36.4 Å². The lowest BCUT2D eigenvalue weighted by atomic mass is 10.1. The smallest absolute Gasteiger partial charge is 0.254 e. The van der Waals surface area contributed by atoms with Crippen molar-refractivity contribution in [1.29, 1.82) is 0 Å². The number of halogens is 1. The quantitative estimate of drug-likeness (QED) is 0.525. The lowest BCUT2D eigenvalue weighted by Crippen LogP contribution is -2.29. The van der Waals surface area contributed by atoms with E-state index >= 15 is 0 Å². The average molecular weight is 390 g/mol. The fourth-order valence-electron chi connectivity index (χ4n) is 3.90. The van der Waals surface area contributed by atoms with Crippen LogP contribution in [0.5, 0.6) is 0 Å². The van der Waals surface area contributed by atoms with Crippen molar-refractivity contribution in [3.63, 3.8) is 0 Å². The summed E-state index contributed by atoms with van der Waals surface area (Å²) < 4.78 is 21.5. The first kappa shape index (κ1) is 17.6. The Hall–Kier alpha value is -3.48.